The summed E-state index contributed by atoms with van der Waals surface area (Å²) in [7, 11) is 0. The van der Waals surface area contributed by atoms with Crippen molar-refractivity contribution in [3.05, 3.63) is 29.8 Å². The van der Waals surface area contributed by atoms with Crippen LogP contribution in [-0.2, 0) is 6.54 Å². The number of nitrogens with two attached hydrogens (primary N) is 1. The third-order valence-corrected chi connectivity index (χ3v) is 2.95. The van der Waals surface area contributed by atoms with E-state index in [1.165, 1.54) is 0 Å². The Bertz CT molecular complexity index is 474. The van der Waals surface area contributed by atoms with Gasteiger partial charge in [-0.2, -0.15) is 0 Å². The standard InChI is InChI=1S/C12H17N5/c1-3-9(2)17-12(14-15-16-17)11-6-4-10(8-13)5-7-11/h4-7,9H,3,8,13H2,1-2H3. The Kier molecular flexibility index (Phi) is 3.49. The van der Waals surface area contributed by atoms with Gasteiger partial charge >= 0.3 is 0 Å². The smallest absolute Gasteiger partial charge is 0.182 e. The SMILES string of the molecule is CCC(C)n1nnnc1-c1ccc(CN)cc1. The van der Waals surface area contributed by atoms with Gasteiger partial charge in [0.15, 0.2) is 5.82 Å². The van der Waals surface area contributed by atoms with Crippen molar-refractivity contribution < 1.29 is 0 Å². The predicted molar refractivity (Wildman–Crippen MR) is 66.1 cm³/mol. The minimum absolute atomic E-state index is 0.300. The third kappa shape index (κ3) is 2.34. The second kappa shape index (κ2) is 5.05. The Morgan fingerprint density at radius 3 is 2.59 bits per heavy atom. The number of hydrogen-bond donors (Lipinski definition) is 1. The molecule has 5 nitrogen and oxygen atoms in total. The molecule has 0 amide bonds. The highest BCUT2D eigenvalue weighted by molar-refractivity contribution is 5.55. The molecule has 0 radical (unpaired) electrons. The minimum Gasteiger partial charge on any atom is -0.326 e. The summed E-state index contributed by atoms with van der Waals surface area (Å²) < 4.78 is 1.86. The van der Waals surface area contributed by atoms with Crippen LogP contribution in [0.15, 0.2) is 24.3 Å². The lowest BCUT2D eigenvalue weighted by Gasteiger charge is -2.10. The topological polar surface area (TPSA) is 69.6 Å². The van der Waals surface area contributed by atoms with Crippen LogP contribution < -0.4 is 5.73 Å². The first-order valence-electron chi connectivity index (χ1n) is 5.83. The van der Waals surface area contributed by atoms with Crippen LogP contribution in [0.5, 0.6) is 0 Å². The van der Waals surface area contributed by atoms with Crippen molar-refractivity contribution in [3.8, 4) is 11.4 Å². The largest absolute Gasteiger partial charge is 0.326 e. The predicted octanol–water partition coefficient (Wildman–Crippen LogP) is 1.77. The van der Waals surface area contributed by atoms with E-state index in [9.17, 15) is 0 Å². The summed E-state index contributed by atoms with van der Waals surface area (Å²) in [4.78, 5) is 0. The van der Waals surface area contributed by atoms with Gasteiger partial charge in [-0.25, -0.2) is 4.68 Å². The molecule has 0 aliphatic heterocycles. The Morgan fingerprint density at radius 2 is 2.00 bits per heavy atom. The summed E-state index contributed by atoms with van der Waals surface area (Å²) in [6.07, 6.45) is 0.999. The fourth-order valence-corrected chi connectivity index (χ4v) is 1.64. The maximum Gasteiger partial charge on any atom is 0.182 e. The number of hydrogen-bond acceptors (Lipinski definition) is 4. The molecule has 0 aliphatic carbocycles. The van der Waals surface area contributed by atoms with Gasteiger partial charge in [0.25, 0.3) is 0 Å². The van der Waals surface area contributed by atoms with E-state index in [4.69, 9.17) is 5.73 Å². The van der Waals surface area contributed by atoms with E-state index in [1.54, 1.807) is 0 Å². The first kappa shape index (κ1) is 11.7. The van der Waals surface area contributed by atoms with Crippen LogP contribution in [0.4, 0.5) is 0 Å². The number of benzene rings is 1. The molecule has 1 heterocycles. The molecule has 0 bridgehead atoms. The molecule has 0 aliphatic rings. The zero-order valence-electron chi connectivity index (χ0n) is 10.2. The molecule has 2 aromatic rings. The number of aromatic nitrogens is 4. The Balaban J connectivity index is 2.35. The van der Waals surface area contributed by atoms with Crippen molar-refractivity contribution in [1.82, 2.24) is 20.2 Å². The van der Waals surface area contributed by atoms with Crippen molar-refractivity contribution in [1.29, 1.82) is 0 Å². The number of nitrogens with zero attached hydrogens (tertiary/aromatic N) is 4. The molecule has 0 fully saturated rings. The van der Waals surface area contributed by atoms with Crippen molar-refractivity contribution in [3.63, 3.8) is 0 Å². The van der Waals surface area contributed by atoms with Gasteiger partial charge in [0.1, 0.15) is 0 Å². The van der Waals surface area contributed by atoms with Gasteiger partial charge in [-0.15, -0.1) is 5.10 Å². The normalized spacial score (nSPS) is 12.6. The Hall–Kier alpha value is -1.75. The van der Waals surface area contributed by atoms with Crippen LogP contribution in [0.3, 0.4) is 0 Å². The Morgan fingerprint density at radius 1 is 1.29 bits per heavy atom. The molecule has 1 unspecified atom stereocenters. The molecular formula is C12H17N5. The molecule has 2 N–H and O–H groups in total. The Labute approximate surface area is 101 Å². The molecule has 5 heteroatoms. The summed E-state index contributed by atoms with van der Waals surface area (Å²) >= 11 is 0. The van der Waals surface area contributed by atoms with Gasteiger partial charge in [-0.1, -0.05) is 31.2 Å². The average Bonchev–Trinajstić information content (AvgIpc) is 2.87. The van der Waals surface area contributed by atoms with Crippen LogP contribution in [0.2, 0.25) is 0 Å². The third-order valence-electron chi connectivity index (χ3n) is 2.95. The maximum absolute atomic E-state index is 5.57. The summed E-state index contributed by atoms with van der Waals surface area (Å²) in [6, 6.07) is 8.32. The monoisotopic (exact) mass is 231 g/mol. The highest BCUT2D eigenvalue weighted by Gasteiger charge is 2.12. The summed E-state index contributed by atoms with van der Waals surface area (Å²) in [5, 5.41) is 11.9. The van der Waals surface area contributed by atoms with Crippen LogP contribution in [0, 0.1) is 0 Å². The highest BCUT2D eigenvalue weighted by atomic mass is 15.5. The highest BCUT2D eigenvalue weighted by Crippen LogP contribution is 2.20. The van der Waals surface area contributed by atoms with E-state index in [0.29, 0.717) is 12.6 Å². The van der Waals surface area contributed by atoms with Crippen LogP contribution in [0.1, 0.15) is 31.9 Å². The molecule has 1 atom stereocenters. The van der Waals surface area contributed by atoms with Gasteiger partial charge in [-0.3, -0.25) is 0 Å². The van der Waals surface area contributed by atoms with Gasteiger partial charge in [-0.05, 0) is 29.3 Å². The molecule has 90 valence electrons. The first-order valence-corrected chi connectivity index (χ1v) is 5.83. The van der Waals surface area contributed by atoms with Crippen LogP contribution >= 0.6 is 0 Å². The van der Waals surface area contributed by atoms with E-state index in [-0.39, 0.29) is 0 Å². The van der Waals surface area contributed by atoms with E-state index in [2.05, 4.69) is 29.4 Å². The van der Waals surface area contributed by atoms with E-state index >= 15 is 0 Å². The van der Waals surface area contributed by atoms with Crippen molar-refractivity contribution >= 4 is 0 Å². The fraction of sp³-hybridized carbons (Fsp3) is 0.417. The van der Waals surface area contributed by atoms with Crippen LogP contribution in [-0.4, -0.2) is 20.2 Å². The van der Waals surface area contributed by atoms with Gasteiger partial charge < -0.3 is 5.73 Å². The maximum atomic E-state index is 5.57. The number of rotatable bonds is 4. The molecule has 1 aromatic carbocycles. The van der Waals surface area contributed by atoms with E-state index < -0.39 is 0 Å². The quantitative estimate of drug-likeness (QED) is 0.870. The summed E-state index contributed by atoms with van der Waals surface area (Å²) in [5.41, 5.74) is 7.70. The first-order chi connectivity index (χ1) is 8.26. The second-order valence-electron chi connectivity index (χ2n) is 4.11. The van der Waals surface area contributed by atoms with Gasteiger partial charge in [0, 0.05) is 12.1 Å². The molecule has 0 saturated carbocycles. The zero-order chi connectivity index (χ0) is 12.3. The summed E-state index contributed by atoms with van der Waals surface area (Å²) in [5.74, 6) is 0.808. The number of tetrazole rings is 1. The molecule has 17 heavy (non-hydrogen) atoms. The van der Waals surface area contributed by atoms with Crippen molar-refractivity contribution in [2.24, 2.45) is 5.73 Å². The fourth-order valence-electron chi connectivity index (χ4n) is 1.64. The minimum atomic E-state index is 0.300. The molecule has 0 saturated heterocycles. The molecule has 2 rings (SSSR count). The van der Waals surface area contributed by atoms with Crippen molar-refractivity contribution in [2.75, 3.05) is 0 Å². The van der Waals surface area contributed by atoms with Gasteiger partial charge in [0.2, 0.25) is 0 Å². The molecule has 1 aromatic heterocycles. The average molecular weight is 231 g/mol. The molecular weight excluding hydrogens is 214 g/mol. The van der Waals surface area contributed by atoms with Crippen molar-refractivity contribution in [2.45, 2.75) is 32.9 Å². The lowest BCUT2D eigenvalue weighted by atomic mass is 10.1. The van der Waals surface area contributed by atoms with E-state index in [0.717, 1.165) is 23.4 Å². The lowest BCUT2D eigenvalue weighted by Crippen LogP contribution is -2.08. The van der Waals surface area contributed by atoms with E-state index in [1.807, 2.05) is 28.9 Å². The summed E-state index contributed by atoms with van der Waals surface area (Å²) in [6.45, 7) is 4.78. The second-order valence-corrected chi connectivity index (χ2v) is 4.11. The van der Waals surface area contributed by atoms with Gasteiger partial charge in [0.05, 0.1) is 6.04 Å². The zero-order valence-corrected chi connectivity index (χ0v) is 10.2. The van der Waals surface area contributed by atoms with Crippen LogP contribution in [0.25, 0.3) is 11.4 Å². The lowest BCUT2D eigenvalue weighted by molar-refractivity contribution is 0.469. The molecule has 0 spiro atoms.